The Morgan fingerprint density at radius 1 is 1.00 bits per heavy atom. The highest BCUT2D eigenvalue weighted by atomic mass is 16.3. The molecule has 4 heteroatoms. The summed E-state index contributed by atoms with van der Waals surface area (Å²) in [6.07, 6.45) is 0.794. The van der Waals surface area contributed by atoms with Crippen molar-refractivity contribution in [1.29, 1.82) is 0 Å². The van der Waals surface area contributed by atoms with Crippen molar-refractivity contribution >= 4 is 17.3 Å². The number of allylic oxidation sites excluding steroid dienone is 2. The van der Waals surface area contributed by atoms with Gasteiger partial charge in [-0.15, -0.1) is 0 Å². The van der Waals surface area contributed by atoms with Crippen LogP contribution >= 0.6 is 0 Å². The van der Waals surface area contributed by atoms with Gasteiger partial charge < -0.3 is 5.11 Å². The molecular formula is C21H19NO3. The summed E-state index contributed by atoms with van der Waals surface area (Å²) >= 11 is 0. The van der Waals surface area contributed by atoms with Crippen molar-refractivity contribution in [3.05, 3.63) is 82.1 Å². The molecule has 2 aromatic rings. The summed E-state index contributed by atoms with van der Waals surface area (Å²) in [4.78, 5) is 30.1. The van der Waals surface area contributed by atoms with Gasteiger partial charge in [0.2, 0.25) is 5.78 Å². The summed E-state index contributed by atoms with van der Waals surface area (Å²) in [6.45, 7) is 4.32. The van der Waals surface area contributed by atoms with Crippen molar-refractivity contribution in [2.24, 2.45) is 4.99 Å². The Balaban J connectivity index is 2.20. The summed E-state index contributed by atoms with van der Waals surface area (Å²) in [7, 11) is 0. The second-order valence-corrected chi connectivity index (χ2v) is 6.03. The summed E-state index contributed by atoms with van der Waals surface area (Å²) in [5.74, 6) is -1.43. The number of benzene rings is 2. The van der Waals surface area contributed by atoms with E-state index < -0.39 is 11.5 Å². The normalized spacial score (nSPS) is 14.7. The molecule has 4 nitrogen and oxygen atoms in total. The Bertz CT molecular complexity index is 908. The maximum absolute atomic E-state index is 13.0. The first-order valence-electron chi connectivity index (χ1n) is 8.28. The van der Waals surface area contributed by atoms with Crippen molar-refractivity contribution in [3.63, 3.8) is 0 Å². The number of Topliss-reactive ketones (excluding diaryl/α,β-unsaturated/α-hetero) is 2. The smallest absolute Gasteiger partial charge is 0.228 e. The molecule has 0 saturated carbocycles. The van der Waals surface area contributed by atoms with E-state index in [1.165, 1.54) is 0 Å². The van der Waals surface area contributed by atoms with Crippen molar-refractivity contribution in [1.82, 2.24) is 0 Å². The van der Waals surface area contributed by atoms with Crippen molar-refractivity contribution in [2.75, 3.05) is 6.54 Å². The molecule has 0 spiro atoms. The number of aliphatic hydroxyl groups excluding tert-OH is 1. The molecule has 25 heavy (non-hydrogen) atoms. The van der Waals surface area contributed by atoms with Gasteiger partial charge in [-0.1, -0.05) is 55.0 Å². The van der Waals surface area contributed by atoms with Gasteiger partial charge in [0, 0.05) is 23.2 Å². The van der Waals surface area contributed by atoms with E-state index in [1.54, 1.807) is 18.2 Å². The monoisotopic (exact) mass is 333 g/mol. The van der Waals surface area contributed by atoms with Gasteiger partial charge in [-0.3, -0.25) is 14.6 Å². The van der Waals surface area contributed by atoms with E-state index in [0.717, 1.165) is 12.0 Å². The molecule has 1 aliphatic rings. The van der Waals surface area contributed by atoms with E-state index >= 15 is 0 Å². The minimum Gasteiger partial charge on any atom is -0.504 e. The largest absolute Gasteiger partial charge is 0.504 e. The number of rotatable bonds is 4. The van der Waals surface area contributed by atoms with Crippen LogP contribution in [0.25, 0.3) is 0 Å². The number of nitrogens with zero attached hydrogens (tertiary/aromatic N) is 1. The van der Waals surface area contributed by atoms with Crippen molar-refractivity contribution in [2.45, 2.75) is 20.3 Å². The summed E-state index contributed by atoms with van der Waals surface area (Å²) in [5, 5.41) is 10.5. The van der Waals surface area contributed by atoms with Crippen LogP contribution in [0.5, 0.6) is 0 Å². The molecule has 0 heterocycles. The number of hydrogen-bond acceptors (Lipinski definition) is 4. The lowest BCUT2D eigenvalue weighted by Gasteiger charge is -2.19. The number of carbonyl (C=O) groups excluding carboxylic acids is 2. The second-order valence-electron chi connectivity index (χ2n) is 6.03. The maximum atomic E-state index is 13.0. The van der Waals surface area contributed by atoms with Crippen LogP contribution < -0.4 is 0 Å². The fourth-order valence-corrected chi connectivity index (χ4v) is 2.88. The zero-order chi connectivity index (χ0) is 18.0. The van der Waals surface area contributed by atoms with Gasteiger partial charge in [0.15, 0.2) is 11.5 Å². The summed E-state index contributed by atoms with van der Waals surface area (Å²) in [6, 6.07) is 14.2. The lowest BCUT2D eigenvalue weighted by Crippen LogP contribution is -2.27. The van der Waals surface area contributed by atoms with E-state index in [-0.39, 0.29) is 16.9 Å². The quantitative estimate of drug-likeness (QED) is 0.857. The molecule has 1 aliphatic carbocycles. The number of aliphatic imine (C=N–C) groups is 1. The number of ketones is 2. The molecule has 0 aromatic heterocycles. The number of aryl methyl sites for hydroxylation is 1. The maximum Gasteiger partial charge on any atom is 0.228 e. The molecular weight excluding hydrogens is 314 g/mol. The van der Waals surface area contributed by atoms with E-state index in [1.807, 2.05) is 44.2 Å². The fourth-order valence-electron chi connectivity index (χ4n) is 2.88. The van der Waals surface area contributed by atoms with Gasteiger partial charge in [-0.05, 0) is 19.4 Å². The SMILES string of the molecule is CCCN=C(C1=C(O)C(=O)c2cc(C)ccc2C1=O)c1ccccc1. The predicted molar refractivity (Wildman–Crippen MR) is 97.6 cm³/mol. The highest BCUT2D eigenvalue weighted by molar-refractivity contribution is 6.40. The molecule has 0 unspecified atom stereocenters. The van der Waals surface area contributed by atoms with Gasteiger partial charge in [0.05, 0.1) is 11.3 Å². The molecule has 0 radical (unpaired) electrons. The van der Waals surface area contributed by atoms with Crippen LogP contribution in [0, 0.1) is 6.92 Å². The Hall–Kier alpha value is -3.01. The van der Waals surface area contributed by atoms with Gasteiger partial charge in [0.25, 0.3) is 0 Å². The highest BCUT2D eigenvalue weighted by Crippen LogP contribution is 2.28. The molecule has 3 rings (SSSR count). The standard InChI is InChI=1S/C21H19NO3/c1-3-11-22-18(14-7-5-4-6-8-14)17-19(23)15-10-9-13(2)12-16(15)20(24)21(17)25/h4-10,12,25H,3,11H2,1-2H3. The first-order valence-corrected chi connectivity index (χ1v) is 8.28. The zero-order valence-corrected chi connectivity index (χ0v) is 14.2. The van der Waals surface area contributed by atoms with Crippen molar-refractivity contribution < 1.29 is 14.7 Å². The minimum absolute atomic E-state index is 0.0130. The first kappa shape index (κ1) is 16.8. The van der Waals surface area contributed by atoms with Crippen LogP contribution in [0.1, 0.15) is 45.2 Å². The molecule has 0 saturated heterocycles. The summed E-state index contributed by atoms with van der Waals surface area (Å²) < 4.78 is 0. The average Bonchev–Trinajstić information content (AvgIpc) is 2.63. The number of aliphatic hydroxyl groups is 1. The molecule has 0 bridgehead atoms. The van der Waals surface area contributed by atoms with E-state index in [0.29, 0.717) is 23.4 Å². The van der Waals surface area contributed by atoms with Crippen LogP contribution in [0.2, 0.25) is 0 Å². The molecule has 1 N–H and O–H groups in total. The van der Waals surface area contributed by atoms with Crippen LogP contribution in [0.4, 0.5) is 0 Å². The van der Waals surface area contributed by atoms with E-state index in [4.69, 9.17) is 0 Å². The van der Waals surface area contributed by atoms with Crippen LogP contribution in [0.15, 0.2) is 64.9 Å². The number of hydrogen-bond donors (Lipinski definition) is 1. The van der Waals surface area contributed by atoms with Crippen LogP contribution in [-0.4, -0.2) is 28.9 Å². The third kappa shape index (κ3) is 3.03. The average molecular weight is 333 g/mol. The Labute approximate surface area is 146 Å². The van der Waals surface area contributed by atoms with E-state index in [2.05, 4.69) is 4.99 Å². The van der Waals surface area contributed by atoms with Gasteiger partial charge >= 0.3 is 0 Å². The third-order valence-corrected chi connectivity index (χ3v) is 4.12. The lowest BCUT2D eigenvalue weighted by atomic mass is 9.83. The molecule has 0 fully saturated rings. The molecule has 2 aromatic carbocycles. The number of fused-ring (bicyclic) bond motifs is 1. The van der Waals surface area contributed by atoms with E-state index in [9.17, 15) is 14.7 Å². The highest BCUT2D eigenvalue weighted by Gasteiger charge is 2.35. The van der Waals surface area contributed by atoms with Gasteiger partial charge in [-0.2, -0.15) is 0 Å². The Kier molecular flexibility index (Phi) is 4.61. The molecule has 0 atom stereocenters. The number of carbonyl (C=O) groups is 2. The second kappa shape index (κ2) is 6.85. The predicted octanol–water partition coefficient (Wildman–Crippen LogP) is 4.09. The van der Waals surface area contributed by atoms with Crippen LogP contribution in [-0.2, 0) is 0 Å². The lowest BCUT2D eigenvalue weighted by molar-refractivity contribution is 0.0934. The molecule has 0 aliphatic heterocycles. The summed E-state index contributed by atoms with van der Waals surface area (Å²) in [5.41, 5.74) is 2.47. The fraction of sp³-hybridized carbons (Fsp3) is 0.190. The topological polar surface area (TPSA) is 66.7 Å². The third-order valence-electron chi connectivity index (χ3n) is 4.12. The van der Waals surface area contributed by atoms with Crippen LogP contribution in [0.3, 0.4) is 0 Å². The molecule has 126 valence electrons. The minimum atomic E-state index is -0.534. The Morgan fingerprint density at radius 2 is 1.72 bits per heavy atom. The van der Waals surface area contributed by atoms with Crippen molar-refractivity contribution in [3.8, 4) is 0 Å². The zero-order valence-electron chi connectivity index (χ0n) is 14.2. The van der Waals surface area contributed by atoms with Gasteiger partial charge in [0.1, 0.15) is 0 Å². The Morgan fingerprint density at radius 3 is 2.40 bits per heavy atom. The molecule has 0 amide bonds. The first-order chi connectivity index (χ1) is 12.0. The van der Waals surface area contributed by atoms with Gasteiger partial charge in [-0.25, -0.2) is 0 Å².